The van der Waals surface area contributed by atoms with Gasteiger partial charge in [0.05, 0.1) is 6.61 Å². The first-order valence-corrected chi connectivity index (χ1v) is 10.2. The highest BCUT2D eigenvalue weighted by molar-refractivity contribution is 7.89. The van der Waals surface area contributed by atoms with E-state index in [4.69, 9.17) is 5.11 Å². The van der Waals surface area contributed by atoms with Crippen LogP contribution < -0.4 is 0 Å². The number of rotatable bonds is 6. The van der Waals surface area contributed by atoms with Crippen molar-refractivity contribution in [2.45, 2.75) is 17.4 Å². The van der Waals surface area contributed by atoms with Gasteiger partial charge in [-0.15, -0.1) is 0 Å². The Labute approximate surface area is 162 Å². The molecule has 1 saturated heterocycles. The number of sulfonamides is 1. The largest absolute Gasteiger partial charge is 0.395 e. The van der Waals surface area contributed by atoms with Crippen LogP contribution in [-0.2, 0) is 10.0 Å². The minimum atomic E-state index is -4.35. The molecule has 0 radical (unpaired) electrons. The van der Waals surface area contributed by atoms with E-state index in [1.54, 1.807) is 7.05 Å². The number of aliphatic hydroxyl groups is 1. The summed E-state index contributed by atoms with van der Waals surface area (Å²) in [5, 5.41) is 9.02. The lowest BCUT2D eigenvalue weighted by atomic mass is 10.1. The van der Waals surface area contributed by atoms with Crippen LogP contribution in [-0.4, -0.2) is 62.1 Å². The van der Waals surface area contributed by atoms with Gasteiger partial charge in [-0.05, 0) is 48.9 Å². The fourth-order valence-electron chi connectivity index (χ4n) is 3.37. The summed E-state index contributed by atoms with van der Waals surface area (Å²) in [6.07, 6.45) is 0.507. The lowest BCUT2D eigenvalue weighted by Crippen LogP contribution is -2.38. The van der Waals surface area contributed by atoms with Crippen molar-refractivity contribution < 1.29 is 26.7 Å². The third-order valence-electron chi connectivity index (χ3n) is 4.98. The van der Waals surface area contributed by atoms with Gasteiger partial charge in [0.25, 0.3) is 0 Å². The topological polar surface area (TPSA) is 60.9 Å². The summed E-state index contributed by atoms with van der Waals surface area (Å²) in [4.78, 5) is 0.837. The van der Waals surface area contributed by atoms with E-state index in [0.29, 0.717) is 18.5 Å². The van der Waals surface area contributed by atoms with E-state index >= 15 is 0 Å². The Morgan fingerprint density at radius 3 is 2.29 bits per heavy atom. The van der Waals surface area contributed by atoms with Crippen molar-refractivity contribution in [1.82, 2.24) is 9.21 Å². The highest BCUT2D eigenvalue weighted by Gasteiger charge is 2.37. The van der Waals surface area contributed by atoms with Crippen molar-refractivity contribution in [3.63, 3.8) is 0 Å². The minimum absolute atomic E-state index is 0.0617. The van der Waals surface area contributed by atoms with E-state index in [0.717, 1.165) is 28.6 Å². The van der Waals surface area contributed by atoms with Gasteiger partial charge in [0.2, 0.25) is 10.0 Å². The summed E-state index contributed by atoms with van der Waals surface area (Å²) in [7, 11) is -2.59. The van der Waals surface area contributed by atoms with E-state index in [1.165, 1.54) is 12.1 Å². The molecule has 1 aliphatic heterocycles. The molecule has 0 aliphatic carbocycles. The average molecular weight is 414 g/mol. The quantitative estimate of drug-likeness (QED) is 0.789. The molecular weight excluding hydrogens is 393 g/mol. The molecule has 9 heteroatoms. The normalized spacial score (nSPS) is 18.1. The molecule has 3 rings (SSSR count). The van der Waals surface area contributed by atoms with Gasteiger partial charge in [-0.1, -0.05) is 12.1 Å². The number of hydrogen-bond donors (Lipinski definition) is 1. The minimum Gasteiger partial charge on any atom is -0.395 e. The van der Waals surface area contributed by atoms with Crippen LogP contribution in [0.5, 0.6) is 0 Å². The Bertz CT molecular complexity index is 928. The summed E-state index contributed by atoms with van der Waals surface area (Å²) >= 11 is 0. The van der Waals surface area contributed by atoms with Gasteiger partial charge in [-0.2, -0.15) is 4.31 Å². The van der Waals surface area contributed by atoms with Crippen LogP contribution in [0.4, 0.5) is 13.2 Å². The van der Waals surface area contributed by atoms with Crippen LogP contribution in [0.15, 0.2) is 41.3 Å². The first-order valence-electron chi connectivity index (χ1n) is 8.80. The Kier molecular flexibility index (Phi) is 6.09. The Hall–Kier alpha value is -1.94. The summed E-state index contributed by atoms with van der Waals surface area (Å²) in [6.45, 7) is 0.556. The van der Waals surface area contributed by atoms with Gasteiger partial charge in [0, 0.05) is 25.7 Å². The molecule has 2 aromatic carbocycles. The lowest BCUT2D eigenvalue weighted by Gasteiger charge is -2.23. The summed E-state index contributed by atoms with van der Waals surface area (Å²) in [5.74, 6) is -2.86. The predicted molar refractivity (Wildman–Crippen MR) is 98.6 cm³/mol. The van der Waals surface area contributed by atoms with Gasteiger partial charge in [0.15, 0.2) is 4.90 Å². The van der Waals surface area contributed by atoms with E-state index in [9.17, 15) is 21.6 Å². The molecule has 0 bridgehead atoms. The van der Waals surface area contributed by atoms with Gasteiger partial charge in [-0.25, -0.2) is 21.6 Å². The van der Waals surface area contributed by atoms with Crippen molar-refractivity contribution in [3.05, 3.63) is 53.8 Å². The van der Waals surface area contributed by atoms with Gasteiger partial charge >= 0.3 is 0 Å². The third kappa shape index (κ3) is 4.07. The van der Waals surface area contributed by atoms with Crippen molar-refractivity contribution >= 4 is 10.0 Å². The van der Waals surface area contributed by atoms with Gasteiger partial charge < -0.3 is 5.11 Å². The molecule has 0 unspecified atom stereocenters. The highest BCUT2D eigenvalue weighted by atomic mass is 32.2. The monoisotopic (exact) mass is 414 g/mol. The zero-order valence-electron chi connectivity index (χ0n) is 15.3. The highest BCUT2D eigenvalue weighted by Crippen LogP contribution is 2.31. The zero-order valence-corrected chi connectivity index (χ0v) is 16.1. The molecular formula is C19H21F3N2O3S. The second kappa shape index (κ2) is 8.20. The molecule has 28 heavy (non-hydrogen) atoms. The smallest absolute Gasteiger partial charge is 0.248 e. The standard InChI is InChI=1S/C19H21F3N2O3S/c1-23(8-9-25)16-6-7-24(12-16)28(26,27)19-17(21)10-14(11-18(19)22)13-2-4-15(20)5-3-13/h2-5,10-11,16,25H,6-9,12H2,1H3/t16-/m1/s1. The van der Waals surface area contributed by atoms with Gasteiger partial charge in [0.1, 0.15) is 17.5 Å². The van der Waals surface area contributed by atoms with E-state index in [2.05, 4.69) is 0 Å². The molecule has 0 amide bonds. The first-order chi connectivity index (χ1) is 13.2. The summed E-state index contributed by atoms with van der Waals surface area (Å²) in [5.41, 5.74) is 0.492. The number of hydrogen-bond acceptors (Lipinski definition) is 4. The van der Waals surface area contributed by atoms with Crippen molar-refractivity contribution in [3.8, 4) is 11.1 Å². The molecule has 1 fully saturated rings. The van der Waals surface area contributed by atoms with Crippen molar-refractivity contribution in [2.75, 3.05) is 33.3 Å². The second-order valence-corrected chi connectivity index (χ2v) is 8.66. The number of nitrogens with zero attached hydrogens (tertiary/aromatic N) is 2. The van der Waals surface area contributed by atoms with Crippen LogP contribution in [0.2, 0.25) is 0 Å². The van der Waals surface area contributed by atoms with Crippen molar-refractivity contribution in [2.24, 2.45) is 0 Å². The molecule has 1 N–H and O–H groups in total. The molecule has 5 nitrogen and oxygen atoms in total. The Balaban J connectivity index is 1.89. The third-order valence-corrected chi connectivity index (χ3v) is 6.89. The predicted octanol–water partition coefficient (Wildman–Crippen LogP) is 2.46. The van der Waals surface area contributed by atoms with Crippen LogP contribution >= 0.6 is 0 Å². The Morgan fingerprint density at radius 1 is 1.11 bits per heavy atom. The average Bonchev–Trinajstić information content (AvgIpc) is 3.13. The molecule has 0 spiro atoms. The number of halogens is 3. The van der Waals surface area contributed by atoms with Crippen LogP contribution in [0, 0.1) is 17.5 Å². The fraction of sp³-hybridized carbons (Fsp3) is 0.368. The molecule has 0 aromatic heterocycles. The molecule has 152 valence electrons. The SMILES string of the molecule is CN(CCO)[C@@H]1CCN(S(=O)(=O)c2c(F)cc(-c3ccc(F)cc3)cc2F)C1. The van der Waals surface area contributed by atoms with Gasteiger partial charge in [-0.3, -0.25) is 4.90 Å². The molecule has 1 heterocycles. The fourth-order valence-corrected chi connectivity index (χ4v) is 4.96. The number of benzene rings is 2. The number of aliphatic hydroxyl groups excluding tert-OH is 1. The lowest BCUT2D eigenvalue weighted by molar-refractivity contribution is 0.184. The molecule has 1 atom stereocenters. The number of likely N-dealkylation sites (N-methyl/N-ethyl adjacent to an activating group) is 1. The molecule has 1 aliphatic rings. The summed E-state index contributed by atoms with van der Waals surface area (Å²) in [6, 6.07) is 6.78. The molecule has 2 aromatic rings. The maximum atomic E-state index is 14.6. The van der Waals surface area contributed by atoms with E-state index in [1.807, 2.05) is 4.90 Å². The Morgan fingerprint density at radius 2 is 1.71 bits per heavy atom. The van der Waals surface area contributed by atoms with E-state index in [-0.39, 0.29) is 31.3 Å². The maximum Gasteiger partial charge on any atom is 0.248 e. The van der Waals surface area contributed by atoms with Crippen molar-refractivity contribution in [1.29, 1.82) is 0 Å². The van der Waals surface area contributed by atoms with Crippen LogP contribution in [0.1, 0.15) is 6.42 Å². The summed E-state index contributed by atoms with van der Waals surface area (Å²) < 4.78 is 69.0. The van der Waals surface area contributed by atoms with Crippen LogP contribution in [0.25, 0.3) is 11.1 Å². The second-order valence-electron chi connectivity index (χ2n) is 6.79. The van der Waals surface area contributed by atoms with E-state index < -0.39 is 32.4 Å². The molecule has 0 saturated carbocycles. The van der Waals surface area contributed by atoms with Crippen LogP contribution in [0.3, 0.4) is 0 Å². The zero-order chi connectivity index (χ0) is 20.5. The first kappa shape index (κ1) is 20.8. The maximum absolute atomic E-state index is 14.6.